The van der Waals surface area contributed by atoms with Crippen molar-refractivity contribution in [1.82, 2.24) is 15.0 Å². The Hall–Kier alpha value is -1.32. The van der Waals surface area contributed by atoms with Crippen molar-refractivity contribution in [3.63, 3.8) is 0 Å². The maximum atomic E-state index is 8.70. The van der Waals surface area contributed by atoms with E-state index in [0.717, 1.165) is 0 Å². The minimum Gasteiger partial charge on any atom is -0.334 e. The minimum atomic E-state index is 0.261. The van der Waals surface area contributed by atoms with E-state index in [4.69, 9.17) is 28.5 Å². The lowest BCUT2D eigenvalue weighted by Gasteiger charge is -2.13. The fraction of sp³-hybridized carbons (Fsp3) is 0.500. The molecular weight excluding hydrogens is 251 g/mol. The molecule has 0 radical (unpaired) electrons. The molecule has 0 saturated heterocycles. The van der Waals surface area contributed by atoms with E-state index >= 15 is 0 Å². The van der Waals surface area contributed by atoms with E-state index in [2.05, 4.69) is 20.3 Å². The summed E-state index contributed by atoms with van der Waals surface area (Å²) in [6, 6.07) is 1.92. The number of rotatable bonds is 6. The average Bonchev–Trinajstić information content (AvgIpc) is 2.74. The van der Waals surface area contributed by atoms with E-state index in [-0.39, 0.29) is 11.5 Å². The predicted octanol–water partition coefficient (Wildman–Crippen LogP) is 2.06. The third-order valence-electron chi connectivity index (χ3n) is 1.68. The highest BCUT2D eigenvalue weighted by Gasteiger charge is 2.04. The fourth-order valence-corrected chi connectivity index (χ4v) is 1.34. The van der Waals surface area contributed by atoms with Gasteiger partial charge in [0.05, 0.1) is 19.4 Å². The van der Waals surface area contributed by atoms with Crippen LogP contribution in [0.3, 0.4) is 0 Å². The van der Waals surface area contributed by atoms with Gasteiger partial charge in [-0.05, 0) is 0 Å². The van der Waals surface area contributed by atoms with Gasteiger partial charge in [-0.3, -0.25) is 5.01 Å². The Morgan fingerprint density at radius 2 is 2.12 bits per heavy atom. The summed E-state index contributed by atoms with van der Waals surface area (Å²) in [5.74, 6) is 1.13. The standard InChI is InChI=1S/C8H10Cl2N6/c9-1-3-16(4-2-10)15-14-8-7(5-11)12-6-13-8/h6H,1-4H2,(H,12,13)/b15-14+. The van der Waals surface area contributed by atoms with Crippen molar-refractivity contribution in [1.29, 1.82) is 5.26 Å². The average molecular weight is 261 g/mol. The van der Waals surface area contributed by atoms with Gasteiger partial charge in [0.1, 0.15) is 6.07 Å². The number of hydrogen-bond acceptors (Lipinski definition) is 4. The van der Waals surface area contributed by atoms with Crippen LogP contribution in [0.15, 0.2) is 16.7 Å². The van der Waals surface area contributed by atoms with Crippen molar-refractivity contribution < 1.29 is 0 Å². The van der Waals surface area contributed by atoms with E-state index in [9.17, 15) is 0 Å². The van der Waals surface area contributed by atoms with Crippen LogP contribution in [0.2, 0.25) is 0 Å². The Kier molecular flexibility index (Phi) is 5.61. The van der Waals surface area contributed by atoms with Gasteiger partial charge in [0.2, 0.25) is 5.82 Å². The Bertz CT molecular complexity index is 376. The highest BCUT2D eigenvalue weighted by atomic mass is 35.5. The number of nitrogens with one attached hydrogen (secondary N) is 1. The van der Waals surface area contributed by atoms with Gasteiger partial charge in [-0.15, -0.1) is 28.3 Å². The smallest absolute Gasteiger partial charge is 0.212 e. The fourth-order valence-electron chi connectivity index (χ4n) is 0.947. The highest BCUT2D eigenvalue weighted by molar-refractivity contribution is 6.18. The van der Waals surface area contributed by atoms with Crippen molar-refractivity contribution in [3.05, 3.63) is 12.0 Å². The van der Waals surface area contributed by atoms with Crippen LogP contribution in [0.1, 0.15) is 5.69 Å². The van der Waals surface area contributed by atoms with Gasteiger partial charge in [-0.1, -0.05) is 5.22 Å². The molecule has 0 aliphatic rings. The Labute approximate surface area is 103 Å². The molecule has 16 heavy (non-hydrogen) atoms. The lowest BCUT2D eigenvalue weighted by atomic mass is 10.5. The van der Waals surface area contributed by atoms with Crippen molar-refractivity contribution >= 4 is 29.0 Å². The molecule has 0 aliphatic heterocycles. The van der Waals surface area contributed by atoms with E-state index < -0.39 is 0 Å². The molecule has 0 saturated carbocycles. The van der Waals surface area contributed by atoms with Gasteiger partial charge in [-0.25, -0.2) is 4.98 Å². The first-order chi connectivity index (χ1) is 7.81. The molecule has 0 unspecified atom stereocenters. The number of imidazole rings is 1. The summed E-state index contributed by atoms with van der Waals surface area (Å²) in [5.41, 5.74) is 0.278. The molecule has 1 rings (SSSR count). The second-order valence-corrected chi connectivity index (χ2v) is 3.49. The molecule has 0 amide bonds. The van der Waals surface area contributed by atoms with Crippen LogP contribution in [0.25, 0.3) is 0 Å². The normalized spacial score (nSPS) is 10.6. The van der Waals surface area contributed by atoms with Gasteiger partial charge >= 0.3 is 0 Å². The molecule has 6 nitrogen and oxygen atoms in total. The molecule has 1 heterocycles. The summed E-state index contributed by atoms with van der Waals surface area (Å²) >= 11 is 11.2. The third kappa shape index (κ3) is 3.68. The van der Waals surface area contributed by atoms with E-state index in [1.54, 1.807) is 5.01 Å². The Morgan fingerprint density at radius 3 is 2.69 bits per heavy atom. The van der Waals surface area contributed by atoms with Gasteiger partial charge in [0, 0.05) is 11.8 Å². The number of aromatic nitrogens is 2. The number of alkyl halides is 2. The molecule has 0 bridgehead atoms. The largest absolute Gasteiger partial charge is 0.334 e. The van der Waals surface area contributed by atoms with Crippen LogP contribution in [0, 0.1) is 11.3 Å². The molecule has 0 fully saturated rings. The van der Waals surface area contributed by atoms with E-state index in [0.29, 0.717) is 24.8 Å². The molecule has 1 N–H and O–H groups in total. The second-order valence-electron chi connectivity index (χ2n) is 2.73. The maximum absolute atomic E-state index is 8.70. The molecule has 0 aromatic carbocycles. The van der Waals surface area contributed by atoms with Gasteiger partial charge < -0.3 is 4.98 Å². The Morgan fingerprint density at radius 1 is 1.44 bits per heavy atom. The summed E-state index contributed by atoms with van der Waals surface area (Å²) in [6.07, 6.45) is 1.39. The van der Waals surface area contributed by atoms with Crippen LogP contribution in [-0.2, 0) is 0 Å². The molecule has 1 aromatic rings. The van der Waals surface area contributed by atoms with Crippen LogP contribution in [0.4, 0.5) is 5.82 Å². The maximum Gasteiger partial charge on any atom is 0.212 e. The van der Waals surface area contributed by atoms with Crippen LogP contribution in [0.5, 0.6) is 0 Å². The summed E-state index contributed by atoms with van der Waals surface area (Å²) in [5, 5.41) is 18.1. The first-order valence-electron chi connectivity index (χ1n) is 4.53. The van der Waals surface area contributed by atoms with Crippen LogP contribution >= 0.6 is 23.2 Å². The second kappa shape index (κ2) is 7.04. The zero-order valence-electron chi connectivity index (χ0n) is 8.40. The number of nitriles is 1. The third-order valence-corrected chi connectivity index (χ3v) is 2.02. The van der Waals surface area contributed by atoms with Gasteiger partial charge in [0.25, 0.3) is 0 Å². The first kappa shape index (κ1) is 12.7. The van der Waals surface area contributed by atoms with Crippen LogP contribution < -0.4 is 0 Å². The van der Waals surface area contributed by atoms with E-state index in [1.807, 2.05) is 6.07 Å². The van der Waals surface area contributed by atoms with Gasteiger partial charge in [0.15, 0.2) is 5.69 Å². The molecular formula is C8H10Cl2N6. The number of hydrogen-bond donors (Lipinski definition) is 1. The number of H-pyrrole nitrogens is 1. The van der Waals surface area contributed by atoms with Crippen molar-refractivity contribution in [3.8, 4) is 6.07 Å². The lowest BCUT2D eigenvalue weighted by molar-refractivity contribution is 0.304. The highest BCUT2D eigenvalue weighted by Crippen LogP contribution is 2.12. The molecule has 1 aromatic heterocycles. The summed E-state index contributed by atoms with van der Waals surface area (Å²) in [6.45, 7) is 1.09. The van der Waals surface area contributed by atoms with E-state index in [1.165, 1.54) is 6.33 Å². The molecule has 0 spiro atoms. The summed E-state index contributed by atoms with van der Waals surface area (Å²) < 4.78 is 0. The Balaban J connectivity index is 2.66. The predicted molar refractivity (Wildman–Crippen MR) is 60.8 cm³/mol. The summed E-state index contributed by atoms with van der Waals surface area (Å²) in [4.78, 5) is 6.49. The van der Waals surface area contributed by atoms with Crippen molar-refractivity contribution in [2.75, 3.05) is 24.8 Å². The number of nitrogens with zero attached hydrogens (tertiary/aromatic N) is 5. The first-order valence-corrected chi connectivity index (χ1v) is 5.60. The zero-order valence-corrected chi connectivity index (χ0v) is 9.91. The topological polar surface area (TPSA) is 80.4 Å². The van der Waals surface area contributed by atoms with Crippen LogP contribution in [-0.4, -0.2) is 39.8 Å². The summed E-state index contributed by atoms with van der Waals surface area (Å²) in [7, 11) is 0. The van der Waals surface area contributed by atoms with Gasteiger partial charge in [-0.2, -0.15) is 5.26 Å². The molecule has 8 heteroatoms. The van der Waals surface area contributed by atoms with Crippen molar-refractivity contribution in [2.24, 2.45) is 10.3 Å². The minimum absolute atomic E-state index is 0.261. The SMILES string of the molecule is N#Cc1[nH]cnc1/N=N/N(CCCl)CCCl. The molecule has 0 aliphatic carbocycles. The van der Waals surface area contributed by atoms with Crippen molar-refractivity contribution in [2.45, 2.75) is 0 Å². The zero-order chi connectivity index (χ0) is 11.8. The quantitative estimate of drug-likeness (QED) is 0.483. The monoisotopic (exact) mass is 260 g/mol. The molecule has 0 atom stereocenters. The lowest BCUT2D eigenvalue weighted by Crippen LogP contribution is -2.21. The number of aromatic amines is 1. The number of halogens is 2. The molecule has 86 valence electrons.